The molecule has 0 aromatic heterocycles. The topological polar surface area (TPSA) is 64.4 Å². The summed E-state index contributed by atoms with van der Waals surface area (Å²) in [5.74, 6) is -0.467. The van der Waals surface area contributed by atoms with Gasteiger partial charge in [-0.3, -0.25) is 4.79 Å². The predicted octanol–water partition coefficient (Wildman–Crippen LogP) is 2.91. The van der Waals surface area contributed by atoms with Gasteiger partial charge in [0.05, 0.1) is 17.4 Å². The van der Waals surface area contributed by atoms with Crippen molar-refractivity contribution in [2.24, 2.45) is 5.73 Å². The van der Waals surface area contributed by atoms with Gasteiger partial charge in [0.25, 0.3) is 5.91 Å². The Morgan fingerprint density at radius 3 is 2.71 bits per heavy atom. The molecule has 0 bridgehead atoms. The normalized spacial score (nSPS) is 22.3. The van der Waals surface area contributed by atoms with Crippen molar-refractivity contribution in [3.63, 3.8) is 0 Å². The van der Waals surface area contributed by atoms with Crippen LogP contribution in [0.5, 0.6) is 0 Å². The summed E-state index contributed by atoms with van der Waals surface area (Å²) < 4.78 is 43.8. The lowest BCUT2D eigenvalue weighted by molar-refractivity contribution is -0.137. The highest BCUT2D eigenvalue weighted by Crippen LogP contribution is 2.34. The molecule has 1 amide bonds. The van der Waals surface area contributed by atoms with Crippen molar-refractivity contribution >= 4 is 27.5 Å². The van der Waals surface area contributed by atoms with E-state index >= 15 is 0 Å². The molecule has 0 saturated carbocycles. The van der Waals surface area contributed by atoms with Gasteiger partial charge in [0.2, 0.25) is 0 Å². The molecule has 1 heterocycles. The van der Waals surface area contributed by atoms with Crippen LogP contribution in [0, 0.1) is 0 Å². The van der Waals surface area contributed by atoms with Crippen molar-refractivity contribution in [1.29, 1.82) is 0 Å². The molecule has 0 spiro atoms. The maximum Gasteiger partial charge on any atom is 0.416 e. The fourth-order valence-electron chi connectivity index (χ4n) is 2.08. The molecular formula is C13H14BrF3N2O2. The van der Waals surface area contributed by atoms with Crippen LogP contribution in [0.4, 0.5) is 18.9 Å². The molecule has 0 radical (unpaired) electrons. The number of hydrogen-bond donors (Lipinski definition) is 2. The first-order chi connectivity index (χ1) is 9.81. The molecule has 21 heavy (non-hydrogen) atoms. The summed E-state index contributed by atoms with van der Waals surface area (Å²) in [6, 6.07) is 3.07. The Hall–Kier alpha value is -1.12. The highest BCUT2D eigenvalue weighted by Gasteiger charge is 2.33. The smallest absolute Gasteiger partial charge is 0.364 e. The maximum absolute atomic E-state index is 12.7. The summed E-state index contributed by atoms with van der Waals surface area (Å²) >= 11 is 3.12. The minimum atomic E-state index is -4.46. The number of carbonyl (C=O) groups is 1. The summed E-state index contributed by atoms with van der Waals surface area (Å²) in [5, 5.41) is 2.46. The Balaban J connectivity index is 2.10. The Morgan fingerprint density at radius 1 is 1.43 bits per heavy atom. The van der Waals surface area contributed by atoms with Crippen LogP contribution in [-0.4, -0.2) is 24.7 Å². The van der Waals surface area contributed by atoms with Gasteiger partial charge in [-0.15, -0.1) is 0 Å². The number of hydrogen-bond acceptors (Lipinski definition) is 3. The lowest BCUT2D eigenvalue weighted by Gasteiger charge is -2.15. The molecule has 3 N–H and O–H groups in total. The van der Waals surface area contributed by atoms with E-state index in [2.05, 4.69) is 21.2 Å². The number of anilines is 1. The van der Waals surface area contributed by atoms with Crippen LogP contribution < -0.4 is 11.1 Å². The van der Waals surface area contributed by atoms with E-state index in [0.717, 1.165) is 12.1 Å². The van der Waals surface area contributed by atoms with Crippen LogP contribution in [0.1, 0.15) is 18.4 Å². The van der Waals surface area contributed by atoms with E-state index in [9.17, 15) is 18.0 Å². The highest BCUT2D eigenvalue weighted by atomic mass is 79.9. The molecule has 1 aromatic rings. The second kappa shape index (κ2) is 6.33. The number of nitrogens with one attached hydrogen (secondary N) is 1. The van der Waals surface area contributed by atoms with E-state index in [4.69, 9.17) is 10.5 Å². The van der Waals surface area contributed by atoms with Gasteiger partial charge >= 0.3 is 6.18 Å². The molecular weight excluding hydrogens is 353 g/mol. The van der Waals surface area contributed by atoms with E-state index in [1.54, 1.807) is 0 Å². The van der Waals surface area contributed by atoms with Gasteiger partial charge in [-0.2, -0.15) is 13.2 Å². The van der Waals surface area contributed by atoms with Crippen LogP contribution >= 0.6 is 15.9 Å². The quantitative estimate of drug-likeness (QED) is 0.864. The summed E-state index contributed by atoms with van der Waals surface area (Å²) in [6.07, 6.45) is -4.15. The number of alkyl halides is 3. The molecule has 4 nitrogen and oxygen atoms in total. The number of benzene rings is 1. The molecule has 8 heteroatoms. The van der Waals surface area contributed by atoms with Crippen molar-refractivity contribution < 1.29 is 22.7 Å². The molecule has 116 valence electrons. The second-order valence-electron chi connectivity index (χ2n) is 4.74. The molecule has 1 saturated heterocycles. The van der Waals surface area contributed by atoms with Crippen molar-refractivity contribution in [1.82, 2.24) is 0 Å². The monoisotopic (exact) mass is 366 g/mol. The van der Waals surface area contributed by atoms with Gasteiger partial charge in [-0.25, -0.2) is 0 Å². The van der Waals surface area contributed by atoms with Gasteiger partial charge in [-0.05, 0) is 47.0 Å². The SMILES string of the molecule is NCC1CCC(C(=O)Nc2cc(C(F)(F)F)ccc2Br)O1. The predicted molar refractivity (Wildman–Crippen MR) is 74.7 cm³/mol. The van der Waals surface area contributed by atoms with Crippen LogP contribution in [0.2, 0.25) is 0 Å². The van der Waals surface area contributed by atoms with Crippen LogP contribution in [-0.2, 0) is 15.7 Å². The number of carbonyl (C=O) groups excluding carboxylic acids is 1. The lowest BCUT2D eigenvalue weighted by Crippen LogP contribution is -2.30. The standard InChI is InChI=1S/C13H14BrF3N2O2/c14-9-3-1-7(13(15,16)17)5-10(9)19-12(20)11-4-2-8(6-18)21-11/h1,3,5,8,11H,2,4,6,18H2,(H,19,20). The Morgan fingerprint density at radius 2 is 2.14 bits per heavy atom. The summed E-state index contributed by atoms with van der Waals surface area (Å²) in [4.78, 5) is 12.0. The van der Waals surface area contributed by atoms with Crippen LogP contribution in [0.15, 0.2) is 22.7 Å². The van der Waals surface area contributed by atoms with Crippen LogP contribution in [0.25, 0.3) is 0 Å². The minimum Gasteiger partial charge on any atom is -0.364 e. The maximum atomic E-state index is 12.7. The largest absolute Gasteiger partial charge is 0.416 e. The molecule has 2 unspecified atom stereocenters. The van der Waals surface area contributed by atoms with Gasteiger partial charge < -0.3 is 15.8 Å². The van der Waals surface area contributed by atoms with Gasteiger partial charge in [0.1, 0.15) is 6.10 Å². The average Bonchev–Trinajstić information content (AvgIpc) is 2.88. The Labute approximate surface area is 128 Å². The fraction of sp³-hybridized carbons (Fsp3) is 0.462. The third-order valence-corrected chi connectivity index (χ3v) is 3.91. The summed E-state index contributed by atoms with van der Waals surface area (Å²) in [5.41, 5.74) is 4.69. The molecule has 2 atom stereocenters. The summed E-state index contributed by atoms with van der Waals surface area (Å²) in [6.45, 7) is 0.317. The zero-order valence-corrected chi connectivity index (χ0v) is 12.5. The van der Waals surface area contributed by atoms with Gasteiger partial charge in [-0.1, -0.05) is 0 Å². The highest BCUT2D eigenvalue weighted by molar-refractivity contribution is 9.10. The second-order valence-corrected chi connectivity index (χ2v) is 5.60. The molecule has 1 fully saturated rings. The van der Waals surface area contributed by atoms with Crippen LogP contribution in [0.3, 0.4) is 0 Å². The third kappa shape index (κ3) is 3.96. The summed E-state index contributed by atoms with van der Waals surface area (Å²) in [7, 11) is 0. The molecule has 1 aliphatic rings. The average molecular weight is 367 g/mol. The molecule has 1 aromatic carbocycles. The van der Waals surface area contributed by atoms with E-state index < -0.39 is 23.8 Å². The van der Waals surface area contributed by atoms with Gasteiger partial charge in [0.15, 0.2) is 0 Å². The fourth-order valence-corrected chi connectivity index (χ4v) is 2.43. The number of amides is 1. The third-order valence-electron chi connectivity index (χ3n) is 3.21. The number of rotatable bonds is 3. The van der Waals surface area contributed by atoms with Crippen molar-refractivity contribution in [2.45, 2.75) is 31.2 Å². The van der Waals surface area contributed by atoms with Crippen molar-refractivity contribution in [2.75, 3.05) is 11.9 Å². The molecule has 1 aliphatic heterocycles. The van der Waals surface area contributed by atoms with Crippen molar-refractivity contribution in [3.05, 3.63) is 28.2 Å². The first kappa shape index (κ1) is 16.3. The van der Waals surface area contributed by atoms with E-state index in [-0.39, 0.29) is 11.8 Å². The number of halogens is 4. The van der Waals surface area contributed by atoms with Gasteiger partial charge in [0, 0.05) is 11.0 Å². The van der Waals surface area contributed by atoms with E-state index in [1.807, 2.05) is 0 Å². The number of nitrogens with two attached hydrogens (primary N) is 1. The Bertz CT molecular complexity index is 537. The number of ether oxygens (including phenoxy) is 1. The van der Waals surface area contributed by atoms with Crippen molar-refractivity contribution in [3.8, 4) is 0 Å². The first-order valence-electron chi connectivity index (χ1n) is 6.34. The zero-order chi connectivity index (χ0) is 15.6. The minimum absolute atomic E-state index is 0.0645. The van der Waals surface area contributed by atoms with E-state index in [0.29, 0.717) is 23.9 Å². The van der Waals surface area contributed by atoms with E-state index in [1.165, 1.54) is 6.07 Å². The Kier molecular flexibility index (Phi) is 4.90. The molecule has 2 rings (SSSR count). The molecule has 0 aliphatic carbocycles. The first-order valence-corrected chi connectivity index (χ1v) is 7.13. The lowest BCUT2D eigenvalue weighted by atomic mass is 10.1. The zero-order valence-electron chi connectivity index (χ0n) is 10.9.